The number of aryl methyl sites for hydroxylation is 3. The summed E-state index contributed by atoms with van der Waals surface area (Å²) in [7, 11) is 0. The second-order valence-electron chi connectivity index (χ2n) is 6.96. The molecule has 0 aliphatic heterocycles. The smallest absolute Gasteiger partial charge is 0.165 e. The predicted octanol–water partition coefficient (Wildman–Crippen LogP) is 3.04. The topological polar surface area (TPSA) is 68.5 Å². The van der Waals surface area contributed by atoms with Crippen LogP contribution in [0.2, 0.25) is 0 Å². The summed E-state index contributed by atoms with van der Waals surface area (Å²) in [5.41, 5.74) is 3.21. The molecule has 0 spiro atoms. The number of fused-ring (bicyclic) bond motifs is 1. The van der Waals surface area contributed by atoms with E-state index in [0.717, 1.165) is 47.0 Å². The average Bonchev–Trinajstić information content (AvgIpc) is 3.20. The highest BCUT2D eigenvalue weighted by molar-refractivity contribution is 5.89. The van der Waals surface area contributed by atoms with Gasteiger partial charge in [-0.2, -0.15) is 0 Å². The van der Waals surface area contributed by atoms with E-state index in [1.54, 1.807) is 6.33 Å². The molecule has 0 amide bonds. The maximum Gasteiger partial charge on any atom is 0.165 e. The molecule has 124 valence electrons. The first kappa shape index (κ1) is 15.1. The minimum Gasteiger partial charge on any atom is -0.369 e. The van der Waals surface area contributed by atoms with Gasteiger partial charge in [-0.05, 0) is 45.2 Å². The Hall–Kier alpha value is -2.50. The Bertz CT molecular complexity index is 894. The summed E-state index contributed by atoms with van der Waals surface area (Å²) in [5, 5.41) is 4.58. The van der Waals surface area contributed by atoms with Crippen LogP contribution < -0.4 is 5.32 Å². The summed E-state index contributed by atoms with van der Waals surface area (Å²) in [4.78, 5) is 17.6. The standard InChI is InChI=1S/C18H22N6/c1-12-8-13(2)23-17-15(12)16(21-11-22-17)20-9-18(4-5-18)10-24-7-6-19-14(24)3/h6-8,11H,4-5,9-10H2,1-3H3,(H,20,21,22,23). The molecular formula is C18H22N6. The highest BCUT2D eigenvalue weighted by atomic mass is 15.1. The molecular weight excluding hydrogens is 300 g/mol. The Morgan fingerprint density at radius 3 is 2.71 bits per heavy atom. The van der Waals surface area contributed by atoms with Crippen molar-refractivity contribution in [2.24, 2.45) is 5.41 Å². The largest absolute Gasteiger partial charge is 0.369 e. The molecule has 3 aromatic rings. The number of hydrogen-bond donors (Lipinski definition) is 1. The quantitative estimate of drug-likeness (QED) is 0.782. The van der Waals surface area contributed by atoms with E-state index < -0.39 is 0 Å². The van der Waals surface area contributed by atoms with Crippen LogP contribution in [0.1, 0.15) is 29.9 Å². The average molecular weight is 322 g/mol. The SMILES string of the molecule is Cc1cc(C)c2c(NCC3(Cn4ccnc4C)CC3)ncnc2n1. The molecule has 0 unspecified atom stereocenters. The molecule has 3 heterocycles. The van der Waals surface area contributed by atoms with Gasteiger partial charge in [0.1, 0.15) is 18.0 Å². The number of imidazole rings is 1. The first-order chi connectivity index (χ1) is 11.6. The zero-order chi connectivity index (χ0) is 16.7. The van der Waals surface area contributed by atoms with Gasteiger partial charge in [0.2, 0.25) is 0 Å². The van der Waals surface area contributed by atoms with E-state index in [1.165, 1.54) is 12.8 Å². The summed E-state index contributed by atoms with van der Waals surface area (Å²) in [5.74, 6) is 1.96. The van der Waals surface area contributed by atoms with Gasteiger partial charge in [0.25, 0.3) is 0 Å². The second-order valence-corrected chi connectivity index (χ2v) is 6.96. The van der Waals surface area contributed by atoms with E-state index in [2.05, 4.69) is 55.9 Å². The number of hydrogen-bond acceptors (Lipinski definition) is 5. The van der Waals surface area contributed by atoms with E-state index in [1.807, 2.05) is 13.1 Å². The van der Waals surface area contributed by atoms with E-state index in [-0.39, 0.29) is 0 Å². The highest BCUT2D eigenvalue weighted by Gasteiger charge is 2.43. The molecule has 1 fully saturated rings. The number of nitrogens with one attached hydrogen (secondary N) is 1. The molecule has 4 rings (SSSR count). The molecule has 0 radical (unpaired) electrons. The van der Waals surface area contributed by atoms with Crippen LogP contribution in [0.15, 0.2) is 24.8 Å². The van der Waals surface area contributed by atoms with Gasteiger partial charge in [-0.25, -0.2) is 19.9 Å². The summed E-state index contributed by atoms with van der Waals surface area (Å²) in [6.07, 6.45) is 7.99. The monoisotopic (exact) mass is 322 g/mol. The van der Waals surface area contributed by atoms with Crippen LogP contribution in [0.3, 0.4) is 0 Å². The number of aromatic nitrogens is 5. The van der Waals surface area contributed by atoms with E-state index in [9.17, 15) is 0 Å². The fraction of sp³-hybridized carbons (Fsp3) is 0.444. The zero-order valence-corrected chi connectivity index (χ0v) is 14.4. The molecule has 3 aromatic heterocycles. The minimum atomic E-state index is 0.300. The summed E-state index contributed by atoms with van der Waals surface area (Å²) < 4.78 is 2.24. The van der Waals surface area contributed by atoms with Gasteiger partial charge in [0.15, 0.2) is 5.65 Å². The zero-order valence-electron chi connectivity index (χ0n) is 14.4. The van der Waals surface area contributed by atoms with Crippen molar-refractivity contribution >= 4 is 16.9 Å². The molecule has 0 aromatic carbocycles. The summed E-state index contributed by atoms with van der Waals surface area (Å²) in [6.45, 7) is 8.05. The molecule has 6 nitrogen and oxygen atoms in total. The molecule has 0 saturated heterocycles. The van der Waals surface area contributed by atoms with Crippen LogP contribution in [0.25, 0.3) is 11.0 Å². The number of nitrogens with zero attached hydrogens (tertiary/aromatic N) is 5. The first-order valence-electron chi connectivity index (χ1n) is 8.37. The summed E-state index contributed by atoms with van der Waals surface area (Å²) in [6, 6.07) is 2.08. The molecule has 1 aliphatic carbocycles. The minimum absolute atomic E-state index is 0.300. The number of rotatable bonds is 5. The van der Waals surface area contributed by atoms with E-state index in [4.69, 9.17) is 0 Å². The van der Waals surface area contributed by atoms with Crippen molar-refractivity contribution < 1.29 is 0 Å². The van der Waals surface area contributed by atoms with Crippen LogP contribution in [-0.4, -0.2) is 31.0 Å². The third kappa shape index (κ3) is 2.72. The highest BCUT2D eigenvalue weighted by Crippen LogP contribution is 2.47. The van der Waals surface area contributed by atoms with Crippen molar-refractivity contribution in [1.82, 2.24) is 24.5 Å². The number of pyridine rings is 1. The van der Waals surface area contributed by atoms with Gasteiger partial charge in [-0.15, -0.1) is 0 Å². The predicted molar refractivity (Wildman–Crippen MR) is 93.9 cm³/mol. The van der Waals surface area contributed by atoms with Crippen molar-refractivity contribution in [3.63, 3.8) is 0 Å². The fourth-order valence-electron chi connectivity index (χ4n) is 3.31. The van der Waals surface area contributed by atoms with Crippen molar-refractivity contribution in [2.45, 2.75) is 40.2 Å². The molecule has 1 aliphatic rings. The first-order valence-corrected chi connectivity index (χ1v) is 8.37. The Morgan fingerprint density at radius 1 is 1.17 bits per heavy atom. The third-order valence-corrected chi connectivity index (χ3v) is 4.95. The van der Waals surface area contributed by atoms with Gasteiger partial charge in [-0.1, -0.05) is 0 Å². The molecule has 6 heteroatoms. The van der Waals surface area contributed by atoms with Gasteiger partial charge in [0, 0.05) is 36.6 Å². The van der Waals surface area contributed by atoms with E-state index >= 15 is 0 Å². The lowest BCUT2D eigenvalue weighted by atomic mass is 10.1. The maximum absolute atomic E-state index is 4.53. The normalized spacial score (nSPS) is 15.6. The van der Waals surface area contributed by atoms with Crippen LogP contribution in [0, 0.1) is 26.2 Å². The van der Waals surface area contributed by atoms with Gasteiger partial charge in [0.05, 0.1) is 5.39 Å². The second kappa shape index (κ2) is 5.54. The molecule has 0 bridgehead atoms. The molecule has 24 heavy (non-hydrogen) atoms. The lowest BCUT2D eigenvalue weighted by Gasteiger charge is -2.19. The lowest BCUT2D eigenvalue weighted by Crippen LogP contribution is -2.22. The summed E-state index contributed by atoms with van der Waals surface area (Å²) >= 11 is 0. The number of anilines is 1. The Balaban J connectivity index is 1.56. The van der Waals surface area contributed by atoms with Crippen molar-refractivity contribution in [1.29, 1.82) is 0 Å². The van der Waals surface area contributed by atoms with Crippen molar-refractivity contribution in [3.05, 3.63) is 41.9 Å². The third-order valence-electron chi connectivity index (χ3n) is 4.95. The maximum atomic E-state index is 4.53. The van der Waals surface area contributed by atoms with Crippen LogP contribution in [-0.2, 0) is 6.54 Å². The van der Waals surface area contributed by atoms with E-state index in [0.29, 0.717) is 5.41 Å². The van der Waals surface area contributed by atoms with Crippen LogP contribution in [0.5, 0.6) is 0 Å². The Labute approximate surface area is 141 Å². The van der Waals surface area contributed by atoms with Gasteiger partial charge >= 0.3 is 0 Å². The molecule has 1 saturated carbocycles. The van der Waals surface area contributed by atoms with Crippen LogP contribution in [0.4, 0.5) is 5.82 Å². The van der Waals surface area contributed by atoms with Gasteiger partial charge in [-0.3, -0.25) is 0 Å². The fourth-order valence-corrected chi connectivity index (χ4v) is 3.31. The Morgan fingerprint density at radius 2 is 2.00 bits per heavy atom. The molecule has 0 atom stereocenters. The lowest BCUT2D eigenvalue weighted by molar-refractivity contribution is 0.438. The van der Waals surface area contributed by atoms with Crippen LogP contribution >= 0.6 is 0 Å². The van der Waals surface area contributed by atoms with Crippen molar-refractivity contribution in [2.75, 3.05) is 11.9 Å². The molecule has 1 N–H and O–H groups in total. The van der Waals surface area contributed by atoms with Gasteiger partial charge < -0.3 is 9.88 Å². The van der Waals surface area contributed by atoms with Crippen molar-refractivity contribution in [3.8, 4) is 0 Å². The Kier molecular flexibility index (Phi) is 3.48.